The van der Waals surface area contributed by atoms with Gasteiger partial charge in [0.15, 0.2) is 33.3 Å². The smallest absolute Gasteiger partial charge is 0.192 e. The van der Waals surface area contributed by atoms with Crippen molar-refractivity contribution < 1.29 is 43.2 Å². The molecule has 0 spiro atoms. The third-order valence-electron chi connectivity index (χ3n) is 30.4. The Hall–Kier alpha value is 0.508. The second-order valence-corrected chi connectivity index (χ2v) is 63.0. The van der Waals surface area contributed by atoms with Crippen molar-refractivity contribution >= 4 is 33.3 Å². The van der Waals surface area contributed by atoms with Crippen molar-refractivity contribution in [1.29, 1.82) is 0 Å². The number of hydrogen-bond acceptors (Lipinski definition) is 9. The third kappa shape index (κ3) is 23.0. The van der Waals surface area contributed by atoms with Crippen LogP contribution in [-0.2, 0) is 17.7 Å². The maximum Gasteiger partial charge on any atom is 0.192 e. The van der Waals surface area contributed by atoms with Crippen molar-refractivity contribution in [2.45, 2.75) is 447 Å². The first-order valence-electron chi connectivity index (χ1n) is 40.6. The largest absolute Gasteiger partial charge is 0.417 e. The normalized spacial score (nSPS) is 31.6. The standard InChI is InChI=1S/C32H66O3Si2.2C26H52O3Si/c1-28(2,3)36(11,12)34-24-23-31(9,21-16-20-30(7,8)33)27-19-18-25-26(17-15-22-32(25,27)10)35-37(13,14)29(4,5)6;2*1-23(2,3)30(8,9)29-21-12-10-17-26(7)20(21)13-14-22(26)25(6,18-19-27)16-11-15-24(4,5)28/h25-27,33H,15-24H2,1-14H3;2*20-22,27-28H,10-19H2,1-9H3/t25?,26-,27+,31?,32-;20?,21-,22+,25+,26-;20?,21-,22+,25-,26-/m000/s1. The molecule has 6 aliphatic carbocycles. The van der Waals surface area contributed by atoms with Crippen molar-refractivity contribution in [3.05, 3.63) is 0 Å². The van der Waals surface area contributed by atoms with Gasteiger partial charge in [-0.2, -0.15) is 0 Å². The number of rotatable bonds is 29. The molecule has 0 amide bonds. The summed E-state index contributed by atoms with van der Waals surface area (Å²) in [6.07, 6.45) is 32.3. The molecule has 0 radical (unpaired) electrons. The van der Waals surface area contributed by atoms with E-state index in [0.717, 1.165) is 77.2 Å². The van der Waals surface area contributed by atoms with Crippen LogP contribution in [0, 0.1) is 68.0 Å². The van der Waals surface area contributed by atoms with Gasteiger partial charge in [-0.1, -0.05) is 163 Å². The van der Waals surface area contributed by atoms with Gasteiger partial charge in [-0.25, -0.2) is 0 Å². The zero-order valence-electron chi connectivity index (χ0n) is 70.8. The van der Waals surface area contributed by atoms with Crippen LogP contribution in [0.15, 0.2) is 0 Å². The Bertz CT molecular complexity index is 2280. The minimum Gasteiger partial charge on any atom is -0.417 e. The van der Waals surface area contributed by atoms with E-state index in [1.807, 2.05) is 41.5 Å². The number of aliphatic hydroxyl groups excluding tert-OH is 2. The lowest BCUT2D eigenvalue weighted by Gasteiger charge is -2.53. The fourth-order valence-corrected chi connectivity index (χ4v) is 25.6. The minimum atomic E-state index is -1.80. The quantitative estimate of drug-likeness (QED) is 0.0464. The van der Waals surface area contributed by atoms with Crippen molar-refractivity contribution in [2.24, 2.45) is 68.0 Å². The molecule has 576 valence electrons. The Kier molecular flexibility index (Phi) is 30.5. The van der Waals surface area contributed by atoms with Crippen molar-refractivity contribution in [3.8, 4) is 0 Å². The molecule has 5 N–H and O–H groups in total. The van der Waals surface area contributed by atoms with E-state index in [1.165, 1.54) is 103 Å². The zero-order chi connectivity index (χ0) is 74.7. The zero-order valence-corrected chi connectivity index (χ0v) is 74.8. The van der Waals surface area contributed by atoms with E-state index in [4.69, 9.17) is 17.7 Å². The molecular weight excluding hydrogens is 1270 g/mol. The Labute approximate surface area is 607 Å². The van der Waals surface area contributed by atoms with Gasteiger partial charge < -0.3 is 43.2 Å². The summed E-state index contributed by atoms with van der Waals surface area (Å²) in [6.45, 7) is 75.6. The number of aliphatic hydroxyl groups is 5. The highest BCUT2D eigenvalue weighted by Crippen LogP contribution is 2.67. The Morgan fingerprint density at radius 1 is 0.320 bits per heavy atom. The summed E-state index contributed by atoms with van der Waals surface area (Å²) in [6, 6.07) is 0. The van der Waals surface area contributed by atoms with Gasteiger partial charge in [0, 0.05) is 38.1 Å². The van der Waals surface area contributed by atoms with Gasteiger partial charge in [-0.05, 0) is 317 Å². The molecule has 0 bridgehead atoms. The van der Waals surface area contributed by atoms with E-state index < -0.39 is 50.1 Å². The summed E-state index contributed by atoms with van der Waals surface area (Å²) < 4.78 is 28.0. The molecule has 0 aliphatic heterocycles. The molecule has 0 saturated heterocycles. The third-order valence-corrected chi connectivity index (χ3v) is 48.4. The summed E-state index contributed by atoms with van der Waals surface area (Å²) in [5.74, 6) is 3.94. The number of fused-ring (bicyclic) bond motifs is 3. The molecule has 0 aromatic carbocycles. The van der Waals surface area contributed by atoms with Gasteiger partial charge in [-0.15, -0.1) is 0 Å². The average Bonchev–Trinajstić information content (AvgIpc) is 1.64. The van der Waals surface area contributed by atoms with Gasteiger partial charge in [0.25, 0.3) is 0 Å². The van der Waals surface area contributed by atoms with Crippen molar-refractivity contribution in [3.63, 3.8) is 0 Å². The van der Waals surface area contributed by atoms with E-state index in [0.29, 0.717) is 70.1 Å². The molecule has 0 aromatic heterocycles. The first-order valence-corrected chi connectivity index (χ1v) is 52.3. The Morgan fingerprint density at radius 2 is 0.557 bits per heavy atom. The molecule has 15 atom stereocenters. The number of hydrogen-bond donors (Lipinski definition) is 5. The molecule has 6 rings (SSSR count). The molecule has 6 aliphatic rings. The first-order chi connectivity index (χ1) is 43.6. The maximum atomic E-state index is 10.5. The second kappa shape index (κ2) is 32.9. The monoisotopic (exact) mass is 1440 g/mol. The van der Waals surface area contributed by atoms with Crippen LogP contribution >= 0.6 is 0 Å². The molecule has 0 heterocycles. The Morgan fingerprint density at radius 3 is 0.773 bits per heavy atom. The molecule has 97 heavy (non-hydrogen) atoms. The second-order valence-electron chi connectivity index (χ2n) is 43.9. The lowest BCUT2D eigenvalue weighted by molar-refractivity contribution is -0.0516. The molecule has 0 aromatic rings. The predicted molar refractivity (Wildman–Crippen MR) is 427 cm³/mol. The molecule has 9 nitrogen and oxygen atoms in total. The maximum absolute atomic E-state index is 10.5. The average molecular weight is 1440 g/mol. The fourth-order valence-electron chi connectivity index (χ4n) is 20.3. The summed E-state index contributed by atoms with van der Waals surface area (Å²) in [5.41, 5.74) is -0.321. The van der Waals surface area contributed by atoms with Gasteiger partial charge in [0.2, 0.25) is 0 Å². The van der Waals surface area contributed by atoms with Crippen molar-refractivity contribution in [2.75, 3.05) is 19.8 Å². The lowest BCUT2D eigenvalue weighted by atomic mass is 9.56. The van der Waals surface area contributed by atoms with Crippen LogP contribution in [0.3, 0.4) is 0 Å². The topological polar surface area (TPSA) is 138 Å². The summed E-state index contributed by atoms with van der Waals surface area (Å²) in [5, 5.41) is 51.7. The van der Waals surface area contributed by atoms with E-state index in [1.54, 1.807) is 0 Å². The summed E-state index contributed by atoms with van der Waals surface area (Å²) in [7, 11) is -7.12. The van der Waals surface area contributed by atoms with Gasteiger partial charge in [0.05, 0.1) is 16.8 Å². The van der Waals surface area contributed by atoms with Crippen LogP contribution in [-0.4, -0.2) is 114 Å². The lowest BCUT2D eigenvalue weighted by Crippen LogP contribution is -2.51. The van der Waals surface area contributed by atoms with Crippen LogP contribution in [0.5, 0.6) is 0 Å². The minimum absolute atomic E-state index is 0.141. The predicted octanol–water partition coefficient (Wildman–Crippen LogP) is 23.8. The fraction of sp³-hybridized carbons (Fsp3) is 1.00. The molecule has 13 heteroatoms. The van der Waals surface area contributed by atoms with Gasteiger partial charge in [-0.3, -0.25) is 0 Å². The van der Waals surface area contributed by atoms with Crippen molar-refractivity contribution in [1.82, 2.24) is 0 Å². The van der Waals surface area contributed by atoms with Gasteiger partial charge >= 0.3 is 0 Å². The van der Waals surface area contributed by atoms with Crippen LogP contribution in [0.4, 0.5) is 0 Å². The van der Waals surface area contributed by atoms with Crippen LogP contribution in [0.1, 0.15) is 340 Å². The molecular formula is C84H170O9Si4. The van der Waals surface area contributed by atoms with E-state index in [-0.39, 0.29) is 49.6 Å². The molecule has 6 fully saturated rings. The molecule has 4 unspecified atom stereocenters. The first kappa shape index (κ1) is 89.9. The van der Waals surface area contributed by atoms with Gasteiger partial charge in [0.1, 0.15) is 0 Å². The SMILES string of the molecule is CC(C)(O)CCCC(C)(CCO[Si](C)(C)C(C)(C)C)[C@H]1CCC2[C@@H](O[Si](C)(C)C(C)(C)C)CCC[C@@]21C.CC(C)(O)CCC[C@@](C)(CCO)[C@H]1CCC2[C@@H](O[Si](C)(C)C(C)(C)C)CCC[C@@]21C.CC(C)(O)CCC[C@](C)(CCO)[C@H]1CCC2[C@@H](O[Si](C)(C)C(C)(C)C)CCC[C@@]21C. The van der Waals surface area contributed by atoms with E-state index in [2.05, 4.69) is 177 Å². The van der Waals surface area contributed by atoms with Crippen LogP contribution < -0.4 is 0 Å². The van der Waals surface area contributed by atoms with E-state index >= 15 is 0 Å². The molecule has 6 saturated carbocycles. The summed E-state index contributed by atoms with van der Waals surface area (Å²) >= 11 is 0. The highest BCUT2D eigenvalue weighted by atomic mass is 28.4. The highest BCUT2D eigenvalue weighted by molar-refractivity contribution is 6.75. The van der Waals surface area contributed by atoms with Crippen LogP contribution in [0.25, 0.3) is 0 Å². The summed E-state index contributed by atoms with van der Waals surface area (Å²) in [4.78, 5) is 0. The Balaban J connectivity index is 0.000000312. The highest BCUT2D eigenvalue weighted by Gasteiger charge is 2.61. The van der Waals surface area contributed by atoms with Crippen LogP contribution in [0.2, 0.25) is 72.5 Å². The van der Waals surface area contributed by atoms with E-state index in [9.17, 15) is 25.5 Å².